The van der Waals surface area contributed by atoms with E-state index in [0.717, 1.165) is 15.6 Å². The van der Waals surface area contributed by atoms with Crippen molar-refractivity contribution in [1.82, 2.24) is 15.1 Å². The normalized spacial score (nSPS) is 11.7. The summed E-state index contributed by atoms with van der Waals surface area (Å²) < 4.78 is 28.6. The fraction of sp³-hybridized carbons (Fsp3) is 0.0833. The van der Waals surface area contributed by atoms with Gasteiger partial charge < -0.3 is 5.32 Å². The Morgan fingerprint density at radius 2 is 1.88 bits per heavy atom. The van der Waals surface area contributed by atoms with Crippen molar-refractivity contribution in [2.75, 3.05) is 0 Å². The first kappa shape index (κ1) is 22.2. The number of nitrogens with one attached hydrogen (secondary N) is 1. The van der Waals surface area contributed by atoms with Gasteiger partial charge in [-0.15, -0.1) is 11.3 Å². The first-order chi connectivity index (χ1) is 15.9. The molecule has 1 amide bonds. The zero-order valence-corrected chi connectivity index (χ0v) is 18.1. The number of halogens is 2. The van der Waals surface area contributed by atoms with Gasteiger partial charge in [-0.2, -0.15) is 9.78 Å². The number of hydrogen-bond acceptors (Lipinski definition) is 5. The van der Waals surface area contributed by atoms with Gasteiger partial charge in [-0.05, 0) is 55.5 Å². The van der Waals surface area contributed by atoms with Crippen LogP contribution in [0.2, 0.25) is 0 Å². The zero-order valence-electron chi connectivity index (χ0n) is 17.3. The molecule has 166 valence electrons. The third-order valence-corrected chi connectivity index (χ3v) is 6.22. The van der Waals surface area contributed by atoms with Crippen molar-refractivity contribution in [2.45, 2.75) is 13.0 Å². The summed E-state index contributed by atoms with van der Waals surface area (Å²) >= 11 is 1.31. The lowest BCUT2D eigenvalue weighted by atomic mass is 10.1. The third kappa shape index (κ3) is 4.63. The van der Waals surface area contributed by atoms with Gasteiger partial charge in [0.15, 0.2) is 6.29 Å². The van der Waals surface area contributed by atoms with Gasteiger partial charge in [0, 0.05) is 26.9 Å². The van der Waals surface area contributed by atoms with Gasteiger partial charge in [-0.3, -0.25) is 14.4 Å². The average Bonchev–Trinajstić information content (AvgIpc) is 3.30. The Morgan fingerprint density at radius 3 is 2.64 bits per heavy atom. The van der Waals surface area contributed by atoms with E-state index in [1.54, 1.807) is 25.1 Å². The molecule has 0 spiro atoms. The van der Waals surface area contributed by atoms with Crippen LogP contribution in [0.1, 0.15) is 38.7 Å². The summed E-state index contributed by atoms with van der Waals surface area (Å²) in [6.45, 7) is 1.76. The van der Waals surface area contributed by atoms with Gasteiger partial charge in [0.2, 0.25) is 0 Å². The lowest BCUT2D eigenvalue weighted by Crippen LogP contribution is -2.30. The molecule has 6 nitrogen and oxygen atoms in total. The van der Waals surface area contributed by atoms with Crippen LogP contribution in [0.25, 0.3) is 16.1 Å². The van der Waals surface area contributed by atoms with Crippen molar-refractivity contribution in [2.24, 2.45) is 0 Å². The highest BCUT2D eigenvalue weighted by atomic mass is 32.1. The number of nitrogens with zero attached hydrogens (tertiary/aromatic N) is 2. The van der Waals surface area contributed by atoms with Crippen molar-refractivity contribution in [1.29, 1.82) is 0 Å². The van der Waals surface area contributed by atoms with Gasteiger partial charge in [-0.1, -0.05) is 12.1 Å². The first-order valence-corrected chi connectivity index (χ1v) is 10.7. The zero-order chi connectivity index (χ0) is 23.5. The Morgan fingerprint density at radius 1 is 1.09 bits per heavy atom. The molecule has 33 heavy (non-hydrogen) atoms. The third-order valence-electron chi connectivity index (χ3n) is 4.92. The smallest absolute Gasteiger partial charge is 0.272 e. The van der Waals surface area contributed by atoms with Gasteiger partial charge >= 0.3 is 0 Å². The highest BCUT2D eigenvalue weighted by Crippen LogP contribution is 2.33. The molecule has 0 aliphatic heterocycles. The van der Waals surface area contributed by atoms with E-state index < -0.39 is 29.1 Å². The predicted octanol–water partition coefficient (Wildman–Crippen LogP) is 4.54. The molecule has 9 heteroatoms. The van der Waals surface area contributed by atoms with Crippen LogP contribution in [0.4, 0.5) is 8.78 Å². The van der Waals surface area contributed by atoms with E-state index in [-0.39, 0.29) is 11.4 Å². The van der Waals surface area contributed by atoms with Crippen LogP contribution in [-0.2, 0) is 0 Å². The summed E-state index contributed by atoms with van der Waals surface area (Å²) in [5.74, 6) is -1.65. The number of para-hydroxylation sites is 1. The number of hydrogen-bond donors (Lipinski definition) is 1. The Kier molecular flexibility index (Phi) is 6.23. The number of carbonyl (C=O) groups excluding carboxylic acids is 2. The topological polar surface area (TPSA) is 81.1 Å². The molecule has 0 aliphatic carbocycles. The maximum Gasteiger partial charge on any atom is 0.272 e. The molecule has 0 saturated carbocycles. The molecular formula is C24H17F2N3O3S. The highest BCUT2D eigenvalue weighted by Gasteiger charge is 2.18. The molecule has 2 aromatic carbocycles. The lowest BCUT2D eigenvalue weighted by molar-refractivity contribution is 0.0933. The van der Waals surface area contributed by atoms with E-state index in [4.69, 9.17) is 0 Å². The number of aromatic nitrogens is 2. The SMILES string of the molecule is CC(NC(=O)c1ccc(=O)n(-c2ccccc2F)n1)c1ccc(-c2cc(F)ccc2C=O)s1. The fourth-order valence-electron chi connectivity index (χ4n) is 3.25. The summed E-state index contributed by atoms with van der Waals surface area (Å²) in [5.41, 5.74) is 0.136. The minimum absolute atomic E-state index is 0.0603. The monoisotopic (exact) mass is 465 g/mol. The van der Waals surface area contributed by atoms with E-state index in [1.165, 1.54) is 53.8 Å². The van der Waals surface area contributed by atoms with Crippen LogP contribution in [0.5, 0.6) is 0 Å². The van der Waals surface area contributed by atoms with Crippen molar-refractivity contribution in [3.63, 3.8) is 0 Å². The Hall–Kier alpha value is -3.98. The highest BCUT2D eigenvalue weighted by molar-refractivity contribution is 7.15. The molecule has 0 aliphatic rings. The van der Waals surface area contributed by atoms with Gasteiger partial charge in [-0.25, -0.2) is 8.78 Å². The number of thiophene rings is 1. The van der Waals surface area contributed by atoms with Crippen molar-refractivity contribution >= 4 is 23.5 Å². The van der Waals surface area contributed by atoms with E-state index in [9.17, 15) is 23.2 Å². The van der Waals surface area contributed by atoms with Crippen molar-refractivity contribution in [3.8, 4) is 16.1 Å². The lowest BCUT2D eigenvalue weighted by Gasteiger charge is -2.13. The predicted molar refractivity (Wildman–Crippen MR) is 121 cm³/mol. The number of benzene rings is 2. The molecule has 0 fully saturated rings. The second-order valence-corrected chi connectivity index (χ2v) is 8.28. The van der Waals surface area contributed by atoms with E-state index in [2.05, 4.69) is 10.4 Å². The molecule has 1 N–H and O–H groups in total. The van der Waals surface area contributed by atoms with Gasteiger partial charge in [0.25, 0.3) is 11.5 Å². The number of amides is 1. The molecular weight excluding hydrogens is 448 g/mol. The fourth-order valence-corrected chi connectivity index (χ4v) is 4.29. The summed E-state index contributed by atoms with van der Waals surface area (Å²) in [6.07, 6.45) is 0.662. The Balaban J connectivity index is 1.56. The van der Waals surface area contributed by atoms with Crippen LogP contribution in [-0.4, -0.2) is 22.0 Å². The second-order valence-electron chi connectivity index (χ2n) is 7.17. The van der Waals surface area contributed by atoms with Crippen LogP contribution >= 0.6 is 11.3 Å². The number of rotatable bonds is 6. The van der Waals surface area contributed by atoms with E-state index in [0.29, 0.717) is 22.3 Å². The van der Waals surface area contributed by atoms with Crippen LogP contribution in [0.15, 0.2) is 71.5 Å². The summed E-state index contributed by atoms with van der Waals surface area (Å²) in [7, 11) is 0. The summed E-state index contributed by atoms with van der Waals surface area (Å²) in [4.78, 5) is 37.7. The quantitative estimate of drug-likeness (QED) is 0.424. The molecule has 4 aromatic rings. The molecule has 0 radical (unpaired) electrons. The molecule has 4 rings (SSSR count). The summed E-state index contributed by atoms with van der Waals surface area (Å²) in [6, 6.07) is 15.1. The van der Waals surface area contributed by atoms with Crippen LogP contribution in [0, 0.1) is 11.6 Å². The van der Waals surface area contributed by atoms with E-state index in [1.807, 2.05) is 0 Å². The molecule has 0 saturated heterocycles. The molecule has 1 unspecified atom stereocenters. The molecule has 0 bridgehead atoms. The average molecular weight is 465 g/mol. The Bertz CT molecular complexity index is 1410. The minimum Gasteiger partial charge on any atom is -0.343 e. The van der Waals surface area contributed by atoms with Crippen molar-refractivity contribution < 1.29 is 18.4 Å². The molecule has 2 aromatic heterocycles. The summed E-state index contributed by atoms with van der Waals surface area (Å²) in [5, 5.41) is 6.80. The van der Waals surface area contributed by atoms with Gasteiger partial charge in [0.05, 0.1) is 6.04 Å². The molecule has 2 heterocycles. The second kappa shape index (κ2) is 9.25. The molecule has 1 atom stereocenters. The van der Waals surface area contributed by atoms with E-state index >= 15 is 0 Å². The van der Waals surface area contributed by atoms with Crippen molar-refractivity contribution in [3.05, 3.63) is 105 Å². The Labute approximate surface area is 191 Å². The maximum atomic E-state index is 14.1. The van der Waals surface area contributed by atoms with Gasteiger partial charge in [0.1, 0.15) is 23.0 Å². The minimum atomic E-state index is -0.642. The van der Waals surface area contributed by atoms with Crippen LogP contribution in [0.3, 0.4) is 0 Å². The first-order valence-electron chi connectivity index (χ1n) is 9.88. The largest absolute Gasteiger partial charge is 0.343 e. The number of aldehydes is 1. The number of carbonyl (C=O) groups is 2. The maximum absolute atomic E-state index is 14.1. The van der Waals surface area contributed by atoms with Crippen LogP contribution < -0.4 is 10.9 Å². The standard InChI is InChI=1S/C24H17F2N3O3S/c1-14(21-9-10-22(33-21)17-12-16(25)7-6-15(17)13-30)27-24(32)19-8-11-23(31)29(28-19)20-5-3-2-4-18(20)26/h2-14H,1H3,(H,27,32).